The Kier molecular flexibility index (Phi) is 6.44. The maximum Gasteiger partial charge on any atom is 0.490 e. The Balaban J connectivity index is 0.000000364. The highest BCUT2D eigenvalue weighted by Gasteiger charge is 2.38. The summed E-state index contributed by atoms with van der Waals surface area (Å²) >= 11 is 0. The zero-order chi connectivity index (χ0) is 25.0. The summed E-state index contributed by atoms with van der Waals surface area (Å²) in [5.41, 5.74) is 3.75. The molecule has 0 aliphatic heterocycles. The highest BCUT2D eigenvalue weighted by molar-refractivity contribution is 6.08. The minimum absolute atomic E-state index is 0.250. The van der Waals surface area contributed by atoms with E-state index in [4.69, 9.17) is 9.90 Å². The summed E-state index contributed by atoms with van der Waals surface area (Å²) in [6, 6.07) is 15.2. The number of alkyl halides is 3. The number of hydrogen-bond acceptors (Lipinski definition) is 5. The summed E-state index contributed by atoms with van der Waals surface area (Å²) in [7, 11) is 0. The van der Waals surface area contributed by atoms with Crippen LogP contribution in [0.15, 0.2) is 73.3 Å². The third-order valence-corrected chi connectivity index (χ3v) is 4.86. The van der Waals surface area contributed by atoms with Gasteiger partial charge in [0.25, 0.3) is 5.91 Å². The minimum atomic E-state index is -5.08. The third kappa shape index (κ3) is 5.43. The van der Waals surface area contributed by atoms with Gasteiger partial charge in [-0.2, -0.15) is 18.3 Å². The van der Waals surface area contributed by atoms with Crippen LogP contribution in [0.1, 0.15) is 21.9 Å². The maximum absolute atomic E-state index is 12.9. The van der Waals surface area contributed by atoms with Crippen molar-refractivity contribution in [3.63, 3.8) is 0 Å². The number of aromatic nitrogens is 5. The predicted octanol–water partition coefficient (Wildman–Crippen LogP) is 4.08. The average Bonchev–Trinajstić information content (AvgIpc) is 3.44. The Morgan fingerprint density at radius 2 is 1.89 bits per heavy atom. The number of rotatable bonds is 4. The van der Waals surface area contributed by atoms with Gasteiger partial charge in [0, 0.05) is 36.1 Å². The average molecular weight is 482 g/mol. The molecule has 35 heavy (non-hydrogen) atoms. The van der Waals surface area contributed by atoms with E-state index in [1.54, 1.807) is 12.4 Å². The van der Waals surface area contributed by atoms with Crippen LogP contribution < -0.4 is 5.32 Å². The molecule has 0 fully saturated rings. The Morgan fingerprint density at radius 1 is 1.09 bits per heavy atom. The molecule has 0 saturated heterocycles. The van der Waals surface area contributed by atoms with Crippen molar-refractivity contribution in [2.45, 2.75) is 12.6 Å². The van der Waals surface area contributed by atoms with E-state index in [-0.39, 0.29) is 5.91 Å². The topological polar surface area (TPSA) is 125 Å². The molecule has 0 aliphatic rings. The van der Waals surface area contributed by atoms with E-state index in [0.717, 1.165) is 27.8 Å². The zero-order valence-corrected chi connectivity index (χ0v) is 17.8. The smallest absolute Gasteiger partial charge is 0.475 e. The second-order valence-corrected chi connectivity index (χ2v) is 7.30. The van der Waals surface area contributed by atoms with Gasteiger partial charge in [-0.25, -0.2) is 9.78 Å². The van der Waals surface area contributed by atoms with E-state index in [0.29, 0.717) is 17.8 Å². The fraction of sp³-hybridized carbons (Fsp3) is 0.0870. The third-order valence-electron chi connectivity index (χ3n) is 4.86. The summed E-state index contributed by atoms with van der Waals surface area (Å²) in [6.45, 7) is 0. The number of aliphatic carboxylic acids is 1. The second-order valence-electron chi connectivity index (χ2n) is 7.30. The molecule has 5 aromatic rings. The van der Waals surface area contributed by atoms with Crippen molar-refractivity contribution in [1.29, 1.82) is 0 Å². The zero-order valence-electron chi connectivity index (χ0n) is 17.8. The normalized spacial score (nSPS) is 11.2. The van der Waals surface area contributed by atoms with Gasteiger partial charge in [0.15, 0.2) is 5.69 Å². The number of nitrogens with zero attached hydrogens (tertiary/aromatic N) is 4. The Bertz CT molecular complexity index is 1500. The molecule has 12 heteroatoms. The molecular formula is C23H17F3N6O3. The molecule has 0 spiro atoms. The van der Waals surface area contributed by atoms with Crippen LogP contribution in [0.5, 0.6) is 0 Å². The van der Waals surface area contributed by atoms with Crippen molar-refractivity contribution in [3.05, 3.63) is 90.4 Å². The molecule has 0 unspecified atom stereocenters. The molecule has 9 nitrogen and oxygen atoms in total. The molecule has 0 atom stereocenters. The molecule has 4 aromatic heterocycles. The molecule has 0 bridgehead atoms. The molecule has 178 valence electrons. The molecule has 5 rings (SSSR count). The van der Waals surface area contributed by atoms with Gasteiger partial charge in [-0.05, 0) is 42.0 Å². The van der Waals surface area contributed by atoms with Crippen LogP contribution in [0.25, 0.3) is 16.4 Å². The van der Waals surface area contributed by atoms with E-state index in [2.05, 4.69) is 25.5 Å². The number of amides is 1. The van der Waals surface area contributed by atoms with E-state index in [9.17, 15) is 18.0 Å². The fourth-order valence-electron chi connectivity index (χ4n) is 3.28. The summed E-state index contributed by atoms with van der Waals surface area (Å²) in [5.74, 6) is -2.22. The van der Waals surface area contributed by atoms with Gasteiger partial charge < -0.3 is 14.8 Å². The van der Waals surface area contributed by atoms with Gasteiger partial charge >= 0.3 is 12.1 Å². The number of anilines is 1. The van der Waals surface area contributed by atoms with Gasteiger partial charge in [-0.15, -0.1) is 0 Å². The van der Waals surface area contributed by atoms with Crippen LogP contribution in [-0.4, -0.2) is 47.7 Å². The van der Waals surface area contributed by atoms with E-state index >= 15 is 0 Å². The molecule has 4 heterocycles. The molecule has 0 radical (unpaired) electrons. The lowest BCUT2D eigenvalue weighted by Gasteiger charge is -2.03. The van der Waals surface area contributed by atoms with Gasteiger partial charge in [-0.3, -0.25) is 14.9 Å². The van der Waals surface area contributed by atoms with Gasteiger partial charge in [0.05, 0.1) is 17.2 Å². The molecule has 1 aromatic carbocycles. The molecule has 3 N–H and O–H groups in total. The number of pyridine rings is 2. The van der Waals surface area contributed by atoms with Crippen molar-refractivity contribution in [2.75, 3.05) is 5.32 Å². The van der Waals surface area contributed by atoms with Gasteiger partial charge in [0.1, 0.15) is 5.82 Å². The standard InChI is InChI=1S/C21H16N6O.C2HF3O2/c28-21(24-16-7-6-15-13-23-26-17(15)11-16)20-18-5-1-2-9-27(18)19(25-20)10-14-4-3-8-22-12-14;3-2(4,5)1(6)7/h1-9,11-13H,10H2,(H,23,26)(H,24,28);(H,6,7). The van der Waals surface area contributed by atoms with Gasteiger partial charge in [-0.1, -0.05) is 12.1 Å². The lowest BCUT2D eigenvalue weighted by atomic mass is 10.2. The van der Waals surface area contributed by atoms with Crippen LogP contribution in [0.4, 0.5) is 18.9 Å². The van der Waals surface area contributed by atoms with Crippen molar-refractivity contribution < 1.29 is 27.9 Å². The number of H-pyrrole nitrogens is 1. The minimum Gasteiger partial charge on any atom is -0.475 e. The Hall–Kier alpha value is -4.74. The SMILES string of the molecule is O=C(Nc1ccc2cn[nH]c2c1)c1nc(Cc2cccnc2)n2ccccc12.O=C(O)C(F)(F)F. The molecule has 1 amide bonds. The number of nitrogens with one attached hydrogen (secondary N) is 2. The Morgan fingerprint density at radius 3 is 2.60 bits per heavy atom. The first kappa shape index (κ1) is 23.4. The first-order valence-electron chi connectivity index (χ1n) is 10.1. The number of halogens is 3. The summed E-state index contributed by atoms with van der Waals surface area (Å²) in [4.78, 5) is 30.6. The fourth-order valence-corrected chi connectivity index (χ4v) is 3.28. The summed E-state index contributed by atoms with van der Waals surface area (Å²) in [5, 5.41) is 18.0. The largest absolute Gasteiger partial charge is 0.490 e. The van der Waals surface area contributed by atoms with Crippen molar-refractivity contribution in [1.82, 2.24) is 24.6 Å². The first-order chi connectivity index (χ1) is 16.7. The quantitative estimate of drug-likeness (QED) is 0.355. The summed E-state index contributed by atoms with van der Waals surface area (Å²) in [6.07, 6.45) is 2.72. The van der Waals surface area contributed by atoms with E-state index in [1.165, 1.54) is 0 Å². The predicted molar refractivity (Wildman–Crippen MR) is 120 cm³/mol. The van der Waals surface area contributed by atoms with Crippen LogP contribution in [0.2, 0.25) is 0 Å². The first-order valence-corrected chi connectivity index (χ1v) is 10.1. The molecule has 0 aliphatic carbocycles. The highest BCUT2D eigenvalue weighted by Crippen LogP contribution is 2.20. The lowest BCUT2D eigenvalue weighted by Crippen LogP contribution is -2.21. The molecular weight excluding hydrogens is 465 g/mol. The number of imidazole rings is 1. The van der Waals surface area contributed by atoms with Crippen molar-refractivity contribution in [3.8, 4) is 0 Å². The molecule has 0 saturated carbocycles. The number of hydrogen-bond donors (Lipinski definition) is 3. The van der Waals surface area contributed by atoms with Gasteiger partial charge in [0.2, 0.25) is 0 Å². The number of carbonyl (C=O) groups excluding carboxylic acids is 1. The van der Waals surface area contributed by atoms with Crippen LogP contribution in [0, 0.1) is 0 Å². The highest BCUT2D eigenvalue weighted by atomic mass is 19.4. The Labute approximate surface area is 195 Å². The lowest BCUT2D eigenvalue weighted by molar-refractivity contribution is -0.192. The second kappa shape index (κ2) is 9.63. The van der Waals surface area contributed by atoms with Crippen molar-refractivity contribution in [2.24, 2.45) is 0 Å². The van der Waals surface area contributed by atoms with Crippen LogP contribution >= 0.6 is 0 Å². The number of fused-ring (bicyclic) bond motifs is 2. The van der Waals surface area contributed by atoms with Crippen molar-refractivity contribution >= 4 is 34.0 Å². The number of carbonyl (C=O) groups is 2. The van der Waals surface area contributed by atoms with Crippen LogP contribution in [-0.2, 0) is 11.2 Å². The summed E-state index contributed by atoms with van der Waals surface area (Å²) < 4.78 is 33.7. The number of benzene rings is 1. The van der Waals surface area contributed by atoms with E-state index in [1.807, 2.05) is 65.3 Å². The van der Waals surface area contributed by atoms with Crippen LogP contribution in [0.3, 0.4) is 0 Å². The van der Waals surface area contributed by atoms with E-state index < -0.39 is 12.1 Å². The monoisotopic (exact) mass is 482 g/mol. The number of carboxylic acid groups (broad SMARTS) is 1. The maximum atomic E-state index is 12.9. The number of carboxylic acids is 1. The number of aromatic amines is 1.